The summed E-state index contributed by atoms with van der Waals surface area (Å²) in [6.07, 6.45) is 5.37. The molecule has 20 heavy (non-hydrogen) atoms. The molecule has 0 bridgehead atoms. The molecule has 1 aliphatic rings. The van der Waals surface area contributed by atoms with Gasteiger partial charge in [-0.1, -0.05) is 26.7 Å². The maximum atomic E-state index is 9.24. The van der Waals surface area contributed by atoms with Crippen molar-refractivity contribution in [2.75, 3.05) is 32.8 Å². The molecule has 1 aliphatic carbocycles. The van der Waals surface area contributed by atoms with Gasteiger partial charge in [-0.2, -0.15) is 0 Å². The molecule has 0 radical (unpaired) electrons. The molecule has 0 heterocycles. The van der Waals surface area contributed by atoms with Gasteiger partial charge in [0, 0.05) is 25.2 Å². The van der Waals surface area contributed by atoms with Crippen LogP contribution in [-0.4, -0.2) is 48.3 Å². The van der Waals surface area contributed by atoms with E-state index in [-0.39, 0.29) is 12.1 Å². The molecule has 1 rings (SSSR count). The van der Waals surface area contributed by atoms with E-state index in [0.29, 0.717) is 5.41 Å². The second-order valence-corrected chi connectivity index (χ2v) is 7.90. The zero-order valence-electron chi connectivity index (χ0n) is 14.3. The van der Waals surface area contributed by atoms with E-state index >= 15 is 0 Å². The zero-order valence-corrected chi connectivity index (χ0v) is 14.3. The number of likely N-dealkylation sites (N-methyl/N-ethyl adjacent to an activating group) is 1. The number of rotatable bonds is 7. The lowest BCUT2D eigenvalue weighted by Crippen LogP contribution is -2.51. The Morgan fingerprint density at radius 3 is 2.55 bits per heavy atom. The second-order valence-electron chi connectivity index (χ2n) is 7.90. The van der Waals surface area contributed by atoms with E-state index in [0.717, 1.165) is 32.1 Å². The molecule has 1 saturated carbocycles. The van der Waals surface area contributed by atoms with Crippen LogP contribution >= 0.6 is 0 Å². The molecule has 0 spiro atoms. The highest BCUT2D eigenvalue weighted by Gasteiger charge is 2.36. The Hall–Kier alpha value is -0.120. The van der Waals surface area contributed by atoms with Gasteiger partial charge >= 0.3 is 0 Å². The Balaban J connectivity index is 2.72. The van der Waals surface area contributed by atoms with Crippen molar-refractivity contribution in [3.63, 3.8) is 0 Å². The third-order valence-electron chi connectivity index (χ3n) is 4.60. The lowest BCUT2D eigenvalue weighted by molar-refractivity contribution is 0.0674. The van der Waals surface area contributed by atoms with Gasteiger partial charge in [0.2, 0.25) is 0 Å². The fourth-order valence-corrected chi connectivity index (χ4v) is 3.55. The second kappa shape index (κ2) is 7.77. The van der Waals surface area contributed by atoms with Crippen LogP contribution < -0.4 is 5.32 Å². The van der Waals surface area contributed by atoms with Crippen molar-refractivity contribution < 1.29 is 5.11 Å². The van der Waals surface area contributed by atoms with Gasteiger partial charge in [-0.15, -0.1) is 0 Å². The summed E-state index contributed by atoms with van der Waals surface area (Å²) in [6, 6.07) is 0. The molecule has 3 heteroatoms. The van der Waals surface area contributed by atoms with Crippen molar-refractivity contribution >= 4 is 0 Å². The van der Waals surface area contributed by atoms with E-state index in [4.69, 9.17) is 0 Å². The first kappa shape index (κ1) is 17.9. The fraction of sp³-hybridized carbons (Fsp3) is 1.00. The maximum Gasteiger partial charge on any atom is 0.0558 e. The summed E-state index contributed by atoms with van der Waals surface area (Å²) in [5.74, 6) is 0.832. The molecular formula is C17H36N2O. The quantitative estimate of drug-likeness (QED) is 0.754. The van der Waals surface area contributed by atoms with Crippen molar-refractivity contribution in [3.05, 3.63) is 0 Å². The largest absolute Gasteiger partial charge is 0.395 e. The zero-order chi connectivity index (χ0) is 15.2. The number of nitrogens with zero attached hydrogens (tertiary/aromatic N) is 1. The van der Waals surface area contributed by atoms with E-state index in [1.807, 2.05) is 0 Å². The number of hydrogen-bond acceptors (Lipinski definition) is 3. The van der Waals surface area contributed by atoms with Crippen molar-refractivity contribution in [2.24, 2.45) is 11.3 Å². The molecule has 0 aliphatic heterocycles. The molecule has 2 N–H and O–H groups in total. The van der Waals surface area contributed by atoms with E-state index in [1.54, 1.807) is 0 Å². The first-order valence-corrected chi connectivity index (χ1v) is 8.38. The van der Waals surface area contributed by atoms with Gasteiger partial charge in [-0.25, -0.2) is 0 Å². The van der Waals surface area contributed by atoms with Crippen LogP contribution in [0.4, 0.5) is 0 Å². The van der Waals surface area contributed by atoms with Gasteiger partial charge in [0.05, 0.1) is 6.61 Å². The topological polar surface area (TPSA) is 35.5 Å². The number of aliphatic hydroxyl groups excluding tert-OH is 1. The predicted octanol–water partition coefficient (Wildman–Crippen LogP) is 2.89. The molecule has 0 aromatic rings. The van der Waals surface area contributed by atoms with Crippen LogP contribution in [0.5, 0.6) is 0 Å². The molecule has 0 aromatic carbocycles. The minimum absolute atomic E-state index is 0.182. The minimum Gasteiger partial charge on any atom is -0.395 e. The molecule has 0 aromatic heterocycles. The number of aliphatic hydroxyl groups is 1. The van der Waals surface area contributed by atoms with Crippen molar-refractivity contribution in [2.45, 2.75) is 65.8 Å². The minimum atomic E-state index is 0.182. The van der Waals surface area contributed by atoms with Crippen LogP contribution in [0, 0.1) is 11.3 Å². The van der Waals surface area contributed by atoms with E-state index in [9.17, 15) is 5.11 Å². The summed E-state index contributed by atoms with van der Waals surface area (Å²) in [4.78, 5) is 2.42. The van der Waals surface area contributed by atoms with Crippen molar-refractivity contribution in [3.8, 4) is 0 Å². The first-order valence-electron chi connectivity index (χ1n) is 8.38. The molecule has 3 nitrogen and oxygen atoms in total. The summed E-state index contributed by atoms with van der Waals surface area (Å²) >= 11 is 0. The Labute approximate surface area is 126 Å². The molecular weight excluding hydrogens is 248 g/mol. The van der Waals surface area contributed by atoms with Crippen molar-refractivity contribution in [1.29, 1.82) is 0 Å². The summed E-state index contributed by atoms with van der Waals surface area (Å²) in [5, 5.41) is 13.0. The van der Waals surface area contributed by atoms with Gasteiger partial charge in [-0.05, 0) is 51.5 Å². The average Bonchev–Trinajstić information content (AvgIpc) is 2.35. The van der Waals surface area contributed by atoms with Crippen LogP contribution in [0.2, 0.25) is 0 Å². The Kier molecular flexibility index (Phi) is 6.96. The smallest absolute Gasteiger partial charge is 0.0558 e. The maximum absolute atomic E-state index is 9.24. The highest BCUT2D eigenvalue weighted by molar-refractivity contribution is 4.91. The SMILES string of the molecule is CCN(CCO)CC1(CNC(C)(C)C)CCCC(C)C1. The van der Waals surface area contributed by atoms with Gasteiger partial charge in [-0.3, -0.25) is 0 Å². The predicted molar refractivity (Wildman–Crippen MR) is 87.0 cm³/mol. The molecule has 2 unspecified atom stereocenters. The van der Waals surface area contributed by atoms with Gasteiger partial charge < -0.3 is 15.3 Å². The van der Waals surface area contributed by atoms with Gasteiger partial charge in [0.15, 0.2) is 0 Å². The Morgan fingerprint density at radius 1 is 1.35 bits per heavy atom. The summed E-state index contributed by atoms with van der Waals surface area (Å²) < 4.78 is 0. The summed E-state index contributed by atoms with van der Waals surface area (Å²) in [5.41, 5.74) is 0.567. The van der Waals surface area contributed by atoms with Gasteiger partial charge in [0.25, 0.3) is 0 Å². The third kappa shape index (κ3) is 6.11. The van der Waals surface area contributed by atoms with Crippen molar-refractivity contribution in [1.82, 2.24) is 10.2 Å². The molecule has 0 saturated heterocycles. The number of hydrogen-bond donors (Lipinski definition) is 2. The average molecular weight is 284 g/mol. The van der Waals surface area contributed by atoms with E-state index < -0.39 is 0 Å². The lowest BCUT2D eigenvalue weighted by Gasteiger charge is -2.44. The fourth-order valence-electron chi connectivity index (χ4n) is 3.55. The highest BCUT2D eigenvalue weighted by Crippen LogP contribution is 2.40. The Bertz CT molecular complexity index is 275. The summed E-state index contributed by atoms with van der Waals surface area (Å²) in [6.45, 7) is 15.7. The molecule has 0 amide bonds. The monoisotopic (exact) mass is 284 g/mol. The van der Waals surface area contributed by atoms with Crippen LogP contribution in [0.15, 0.2) is 0 Å². The van der Waals surface area contributed by atoms with E-state index in [1.165, 1.54) is 25.7 Å². The first-order chi connectivity index (χ1) is 9.30. The molecule has 120 valence electrons. The van der Waals surface area contributed by atoms with Crippen LogP contribution in [0.25, 0.3) is 0 Å². The van der Waals surface area contributed by atoms with Crippen LogP contribution in [0.3, 0.4) is 0 Å². The third-order valence-corrected chi connectivity index (χ3v) is 4.60. The highest BCUT2D eigenvalue weighted by atomic mass is 16.3. The number of nitrogens with one attached hydrogen (secondary N) is 1. The molecule has 1 fully saturated rings. The standard InChI is InChI=1S/C17H36N2O/c1-6-19(10-11-20)14-17(13-18-16(3,4)5)9-7-8-15(2)12-17/h15,18,20H,6-14H2,1-5H3. The lowest BCUT2D eigenvalue weighted by atomic mass is 9.69. The van der Waals surface area contributed by atoms with E-state index in [2.05, 4.69) is 44.8 Å². The van der Waals surface area contributed by atoms with Crippen LogP contribution in [-0.2, 0) is 0 Å². The van der Waals surface area contributed by atoms with Crippen LogP contribution in [0.1, 0.15) is 60.3 Å². The van der Waals surface area contributed by atoms with Gasteiger partial charge in [0.1, 0.15) is 0 Å². The summed E-state index contributed by atoms with van der Waals surface area (Å²) in [7, 11) is 0. The molecule has 2 atom stereocenters. The Morgan fingerprint density at radius 2 is 2.05 bits per heavy atom. The normalized spacial score (nSPS) is 28.1.